The lowest BCUT2D eigenvalue weighted by Crippen LogP contribution is -3.15. The van der Waals surface area contributed by atoms with Crippen molar-refractivity contribution in [1.82, 2.24) is 9.62 Å². The van der Waals surface area contributed by atoms with Crippen LogP contribution in [-0.4, -0.2) is 70.7 Å². The third kappa shape index (κ3) is 5.91. The van der Waals surface area contributed by atoms with Crippen molar-refractivity contribution in [3.63, 3.8) is 0 Å². The van der Waals surface area contributed by atoms with Gasteiger partial charge in [-0.3, -0.25) is 10.1 Å². The SMILES string of the molecule is CCOC(=O)NC(=O)C[NH+]1CCN(S(=O)(=O)c2ccc(OCC)cc2)CC1. The van der Waals surface area contributed by atoms with Crippen molar-refractivity contribution >= 4 is 22.0 Å². The molecule has 1 aliphatic heterocycles. The van der Waals surface area contributed by atoms with E-state index >= 15 is 0 Å². The smallest absolute Gasteiger partial charge is 0.414 e. The number of hydrogen-bond acceptors (Lipinski definition) is 6. The minimum Gasteiger partial charge on any atom is -0.494 e. The minimum absolute atomic E-state index is 0.0930. The van der Waals surface area contributed by atoms with Crippen LogP contribution in [-0.2, 0) is 19.6 Å². The largest absolute Gasteiger partial charge is 0.494 e. The monoisotopic (exact) mass is 400 g/mol. The first-order valence-electron chi connectivity index (χ1n) is 8.90. The van der Waals surface area contributed by atoms with E-state index in [1.165, 1.54) is 16.4 Å². The van der Waals surface area contributed by atoms with Crippen molar-refractivity contribution in [2.24, 2.45) is 0 Å². The summed E-state index contributed by atoms with van der Waals surface area (Å²) >= 11 is 0. The van der Waals surface area contributed by atoms with Gasteiger partial charge < -0.3 is 14.4 Å². The third-order valence-corrected chi connectivity index (χ3v) is 6.04. The lowest BCUT2D eigenvalue weighted by molar-refractivity contribution is -0.895. The molecule has 27 heavy (non-hydrogen) atoms. The number of carbonyl (C=O) groups is 2. The predicted octanol–water partition coefficient (Wildman–Crippen LogP) is -0.753. The molecule has 1 aromatic carbocycles. The number of carbonyl (C=O) groups excluding carboxylic acids is 2. The molecule has 0 atom stereocenters. The van der Waals surface area contributed by atoms with Crippen LogP contribution in [0.2, 0.25) is 0 Å². The van der Waals surface area contributed by atoms with Crippen LogP contribution in [0.15, 0.2) is 29.2 Å². The number of nitrogens with zero attached hydrogens (tertiary/aromatic N) is 1. The van der Waals surface area contributed by atoms with E-state index < -0.39 is 22.0 Å². The quantitative estimate of drug-likeness (QED) is 0.624. The zero-order valence-corrected chi connectivity index (χ0v) is 16.4. The van der Waals surface area contributed by atoms with Gasteiger partial charge in [-0.15, -0.1) is 0 Å². The molecule has 0 bridgehead atoms. The first-order valence-corrected chi connectivity index (χ1v) is 10.3. The summed E-state index contributed by atoms with van der Waals surface area (Å²) < 4.78 is 36.9. The van der Waals surface area contributed by atoms with E-state index in [9.17, 15) is 18.0 Å². The fourth-order valence-electron chi connectivity index (χ4n) is 2.80. The van der Waals surface area contributed by atoms with E-state index in [0.717, 1.165) is 4.90 Å². The van der Waals surface area contributed by atoms with Gasteiger partial charge in [0.1, 0.15) is 5.75 Å². The van der Waals surface area contributed by atoms with Crippen LogP contribution in [0.3, 0.4) is 0 Å². The van der Waals surface area contributed by atoms with E-state index in [1.54, 1.807) is 19.1 Å². The highest BCUT2D eigenvalue weighted by Gasteiger charge is 2.31. The average Bonchev–Trinajstić information content (AvgIpc) is 2.63. The molecule has 0 aromatic heterocycles. The number of sulfonamides is 1. The topological polar surface area (TPSA) is 106 Å². The summed E-state index contributed by atoms with van der Waals surface area (Å²) in [7, 11) is -3.58. The predicted molar refractivity (Wildman–Crippen MR) is 97.1 cm³/mol. The normalized spacial score (nSPS) is 15.9. The molecule has 0 saturated carbocycles. The zero-order chi connectivity index (χ0) is 19.9. The summed E-state index contributed by atoms with van der Waals surface area (Å²) in [5.74, 6) is 0.185. The number of quaternary nitrogens is 1. The highest BCUT2D eigenvalue weighted by atomic mass is 32.2. The van der Waals surface area contributed by atoms with Crippen LogP contribution in [0.4, 0.5) is 4.79 Å². The molecule has 2 rings (SSSR count). The van der Waals surface area contributed by atoms with Gasteiger partial charge in [0.15, 0.2) is 6.54 Å². The molecule has 0 radical (unpaired) electrons. The van der Waals surface area contributed by atoms with Gasteiger partial charge in [-0.05, 0) is 38.1 Å². The number of nitrogens with one attached hydrogen (secondary N) is 2. The molecule has 10 heteroatoms. The van der Waals surface area contributed by atoms with Crippen LogP contribution in [0.1, 0.15) is 13.8 Å². The molecular weight excluding hydrogens is 374 g/mol. The van der Waals surface area contributed by atoms with Crippen LogP contribution < -0.4 is 15.0 Å². The second-order valence-corrected chi connectivity index (χ2v) is 7.94. The zero-order valence-electron chi connectivity index (χ0n) is 15.6. The molecule has 0 aliphatic carbocycles. The second-order valence-electron chi connectivity index (χ2n) is 6.00. The van der Waals surface area contributed by atoms with E-state index in [2.05, 4.69) is 10.1 Å². The summed E-state index contributed by atoms with van der Waals surface area (Å²) in [5, 5.41) is 2.15. The fraction of sp³-hybridized carbons (Fsp3) is 0.529. The summed E-state index contributed by atoms with van der Waals surface area (Å²) in [4.78, 5) is 24.2. The third-order valence-electron chi connectivity index (χ3n) is 4.13. The van der Waals surface area contributed by atoms with Gasteiger partial charge in [-0.1, -0.05) is 0 Å². The Kier molecular flexibility index (Phi) is 7.57. The standard InChI is InChI=1S/C17H25N3O6S/c1-3-25-14-5-7-15(8-6-14)27(23,24)20-11-9-19(10-12-20)13-16(21)18-17(22)26-4-2/h5-8H,3-4,9-13H2,1-2H3,(H,18,21,22)/p+1. The Bertz CT molecular complexity index is 742. The van der Waals surface area contributed by atoms with Gasteiger partial charge in [0.2, 0.25) is 10.0 Å². The van der Waals surface area contributed by atoms with Crippen molar-refractivity contribution in [3.8, 4) is 5.75 Å². The maximum absolute atomic E-state index is 12.7. The average molecular weight is 400 g/mol. The molecule has 0 spiro atoms. The van der Waals surface area contributed by atoms with Crippen molar-refractivity contribution in [2.75, 3.05) is 45.9 Å². The molecule has 150 valence electrons. The van der Waals surface area contributed by atoms with Gasteiger partial charge in [-0.25, -0.2) is 13.2 Å². The van der Waals surface area contributed by atoms with Gasteiger partial charge in [0.05, 0.1) is 44.3 Å². The lowest BCUT2D eigenvalue weighted by atomic mass is 10.3. The number of alkyl carbamates (subject to hydrolysis) is 1. The van der Waals surface area contributed by atoms with Gasteiger partial charge >= 0.3 is 6.09 Å². The van der Waals surface area contributed by atoms with Gasteiger partial charge in [0.25, 0.3) is 5.91 Å². The molecule has 9 nitrogen and oxygen atoms in total. The van der Waals surface area contributed by atoms with Crippen LogP contribution in [0, 0.1) is 0 Å². The Balaban J connectivity index is 1.88. The summed E-state index contributed by atoms with van der Waals surface area (Å²) in [5.41, 5.74) is 0. The summed E-state index contributed by atoms with van der Waals surface area (Å²) in [6, 6.07) is 6.34. The molecule has 1 saturated heterocycles. The number of ether oxygens (including phenoxy) is 2. The molecule has 2 amide bonds. The molecule has 0 unspecified atom stereocenters. The number of hydrogen-bond donors (Lipinski definition) is 2. The molecule has 1 heterocycles. The van der Waals surface area contributed by atoms with E-state index in [-0.39, 0.29) is 18.0 Å². The van der Waals surface area contributed by atoms with E-state index in [0.29, 0.717) is 38.5 Å². The van der Waals surface area contributed by atoms with Crippen molar-refractivity contribution in [3.05, 3.63) is 24.3 Å². The number of piperazine rings is 1. The number of rotatable bonds is 7. The first kappa shape index (κ1) is 21.1. The second kappa shape index (κ2) is 9.67. The van der Waals surface area contributed by atoms with Gasteiger partial charge in [0, 0.05) is 0 Å². The molecule has 2 N–H and O–H groups in total. The van der Waals surface area contributed by atoms with Crippen molar-refractivity contribution < 1.29 is 32.4 Å². The maximum Gasteiger partial charge on any atom is 0.414 e. The lowest BCUT2D eigenvalue weighted by Gasteiger charge is -2.31. The first-order chi connectivity index (χ1) is 12.9. The Morgan fingerprint density at radius 1 is 1.11 bits per heavy atom. The fourth-order valence-corrected chi connectivity index (χ4v) is 4.24. The van der Waals surface area contributed by atoms with E-state index in [1.807, 2.05) is 6.92 Å². The molecule has 1 aromatic rings. The Hall–Kier alpha value is -2.17. The van der Waals surface area contributed by atoms with E-state index in [4.69, 9.17) is 4.74 Å². The van der Waals surface area contributed by atoms with Crippen LogP contribution in [0.25, 0.3) is 0 Å². The highest BCUT2D eigenvalue weighted by molar-refractivity contribution is 7.89. The van der Waals surface area contributed by atoms with Crippen LogP contribution >= 0.6 is 0 Å². The highest BCUT2D eigenvalue weighted by Crippen LogP contribution is 2.19. The van der Waals surface area contributed by atoms with Crippen molar-refractivity contribution in [1.29, 1.82) is 0 Å². The number of amides is 2. The van der Waals surface area contributed by atoms with Crippen LogP contribution in [0.5, 0.6) is 5.75 Å². The maximum atomic E-state index is 12.7. The number of imide groups is 1. The summed E-state index contributed by atoms with van der Waals surface area (Å²) in [6.07, 6.45) is -0.765. The Morgan fingerprint density at radius 2 is 1.74 bits per heavy atom. The number of benzene rings is 1. The Labute approximate surface area is 159 Å². The molecule has 1 fully saturated rings. The van der Waals surface area contributed by atoms with Gasteiger partial charge in [-0.2, -0.15) is 4.31 Å². The Morgan fingerprint density at radius 3 is 2.30 bits per heavy atom. The molecule has 1 aliphatic rings. The molecular formula is C17H26N3O6S+. The summed E-state index contributed by atoms with van der Waals surface area (Å²) in [6.45, 7) is 5.87. The van der Waals surface area contributed by atoms with Crippen molar-refractivity contribution in [2.45, 2.75) is 18.7 Å². The minimum atomic E-state index is -3.58.